The van der Waals surface area contributed by atoms with Crippen molar-refractivity contribution in [1.29, 1.82) is 0 Å². The summed E-state index contributed by atoms with van der Waals surface area (Å²) >= 11 is 0. The van der Waals surface area contributed by atoms with E-state index in [-0.39, 0.29) is 17.7 Å². The normalized spacial score (nSPS) is 15.3. The van der Waals surface area contributed by atoms with Gasteiger partial charge in [0, 0.05) is 24.6 Å². The average Bonchev–Trinajstić information content (AvgIpc) is 3.59. The zero-order valence-corrected chi connectivity index (χ0v) is 22.5. The Morgan fingerprint density at radius 1 is 0.676 bits per heavy atom. The van der Waals surface area contributed by atoms with Gasteiger partial charge in [0.25, 0.3) is 11.8 Å². The van der Waals surface area contributed by atoms with Crippen molar-refractivity contribution >= 4 is 51.1 Å². The third kappa shape index (κ3) is 10.6. The third-order valence-electron chi connectivity index (χ3n) is 4.97. The highest BCUT2D eigenvalue weighted by Crippen LogP contribution is 2.19. The standard InChI is InChI=1S/C25H31N5O5S2/c1-16(28-23(33)18(3)30-25(35)20-10-6-7-11-20)21(31)26-12-14-36-37-15-13-27-22(32)17(2)29-24(34)19-8-4-5-9-19/h4-8,10,16-18H,12-15H2,1-3H3,(H,26,31)(H,27,32)(H,28,33)(H,29,34)(H,30,35)/t16-,17-,18-/m0/s1. The molecule has 0 aromatic rings. The molecule has 0 fully saturated rings. The third-order valence-corrected chi connectivity index (χ3v) is 7.38. The van der Waals surface area contributed by atoms with Gasteiger partial charge in [0.1, 0.15) is 18.1 Å². The van der Waals surface area contributed by atoms with Crippen LogP contribution in [0.2, 0.25) is 0 Å². The lowest BCUT2D eigenvalue weighted by Gasteiger charge is -2.18. The number of rotatable bonds is 15. The molecule has 5 amide bonds. The van der Waals surface area contributed by atoms with Crippen LogP contribution in [-0.4, -0.2) is 72.3 Å². The van der Waals surface area contributed by atoms with Crippen LogP contribution in [-0.2, 0) is 24.0 Å². The Morgan fingerprint density at radius 2 is 1.08 bits per heavy atom. The van der Waals surface area contributed by atoms with Gasteiger partial charge in [-0.25, -0.2) is 0 Å². The highest BCUT2D eigenvalue weighted by molar-refractivity contribution is 8.76. The molecule has 3 atom stereocenters. The Bertz CT molecular complexity index is 1100. The van der Waals surface area contributed by atoms with Gasteiger partial charge in [-0.15, -0.1) is 11.5 Å². The molecule has 12 heteroatoms. The monoisotopic (exact) mass is 545 g/mol. The highest BCUT2D eigenvalue weighted by Gasteiger charge is 2.22. The lowest BCUT2D eigenvalue weighted by molar-refractivity contribution is -0.130. The molecule has 10 nitrogen and oxygen atoms in total. The molecule has 0 saturated carbocycles. The van der Waals surface area contributed by atoms with Crippen molar-refractivity contribution in [2.45, 2.75) is 38.9 Å². The van der Waals surface area contributed by atoms with Gasteiger partial charge >= 0.3 is 0 Å². The first-order valence-electron chi connectivity index (χ1n) is 11.7. The van der Waals surface area contributed by atoms with Gasteiger partial charge < -0.3 is 26.6 Å². The predicted octanol–water partition coefficient (Wildman–Crippen LogP) is 0.417. The number of carbonyl (C=O) groups is 5. The summed E-state index contributed by atoms with van der Waals surface area (Å²) in [5.41, 5.74) is 6.28. The first kappa shape index (κ1) is 29.8. The van der Waals surface area contributed by atoms with Crippen LogP contribution in [0, 0.1) is 0 Å². The maximum absolute atomic E-state index is 12.3. The largest absolute Gasteiger partial charge is 0.353 e. The molecule has 0 aromatic carbocycles. The molecule has 2 aliphatic carbocycles. The van der Waals surface area contributed by atoms with Crippen LogP contribution < -0.4 is 26.6 Å². The van der Waals surface area contributed by atoms with E-state index in [2.05, 4.69) is 38.0 Å². The minimum atomic E-state index is -0.809. The van der Waals surface area contributed by atoms with Gasteiger partial charge in [-0.1, -0.05) is 33.7 Å². The molecule has 5 N–H and O–H groups in total. The molecule has 0 aliphatic heterocycles. The Hall–Kier alpha value is -3.43. The van der Waals surface area contributed by atoms with Crippen molar-refractivity contribution in [2.75, 3.05) is 24.6 Å². The van der Waals surface area contributed by atoms with Crippen molar-refractivity contribution in [3.63, 3.8) is 0 Å². The molecule has 0 radical (unpaired) electrons. The SMILES string of the molecule is C[C@H](NC(=O)C1=C=CC=C1)C(=O)NCCSSCCNC(=O)[C@H](C)NC(=O)[C@H](C)NC(=O)C1=C=CC=C1. The molecule has 0 heterocycles. The molecule has 37 heavy (non-hydrogen) atoms. The first-order valence-corrected chi connectivity index (χ1v) is 14.2. The quantitative estimate of drug-likeness (QED) is 0.114. The number of amides is 5. The molecule has 0 bridgehead atoms. The summed E-state index contributed by atoms with van der Waals surface area (Å²) in [6.07, 6.45) is 9.84. The molecule has 0 saturated heterocycles. The zero-order chi connectivity index (χ0) is 27.2. The number of nitrogens with one attached hydrogen (secondary N) is 5. The van der Waals surface area contributed by atoms with Crippen LogP contribution in [0.5, 0.6) is 0 Å². The minimum absolute atomic E-state index is 0.271. The van der Waals surface area contributed by atoms with Crippen LogP contribution >= 0.6 is 21.6 Å². The maximum Gasteiger partial charge on any atom is 0.259 e. The summed E-state index contributed by atoms with van der Waals surface area (Å²) in [6.45, 7) is 5.57. The van der Waals surface area contributed by atoms with E-state index in [1.807, 2.05) is 0 Å². The van der Waals surface area contributed by atoms with E-state index in [0.29, 0.717) is 35.7 Å². The van der Waals surface area contributed by atoms with Crippen LogP contribution in [0.15, 0.2) is 59.1 Å². The highest BCUT2D eigenvalue weighted by atomic mass is 33.1. The smallest absolute Gasteiger partial charge is 0.259 e. The molecule has 2 aliphatic rings. The maximum atomic E-state index is 12.3. The average molecular weight is 546 g/mol. The van der Waals surface area contributed by atoms with E-state index in [0.717, 1.165) is 0 Å². The lowest BCUT2D eigenvalue weighted by Crippen LogP contribution is -2.52. The second-order valence-electron chi connectivity index (χ2n) is 8.01. The van der Waals surface area contributed by atoms with Crippen molar-refractivity contribution in [3.05, 3.63) is 59.1 Å². The fraction of sp³-hybridized carbons (Fsp3) is 0.400. The van der Waals surface area contributed by atoms with E-state index in [9.17, 15) is 24.0 Å². The molecular formula is C25H31N5O5S2. The van der Waals surface area contributed by atoms with Crippen LogP contribution in [0.1, 0.15) is 20.8 Å². The van der Waals surface area contributed by atoms with Gasteiger partial charge in [0.05, 0.1) is 11.1 Å². The second kappa shape index (κ2) is 15.6. The van der Waals surface area contributed by atoms with Crippen molar-refractivity contribution in [1.82, 2.24) is 26.6 Å². The van der Waals surface area contributed by atoms with Crippen LogP contribution in [0.3, 0.4) is 0 Å². The lowest BCUT2D eigenvalue weighted by atomic mass is 10.2. The van der Waals surface area contributed by atoms with Crippen LogP contribution in [0.25, 0.3) is 0 Å². The Kier molecular flexibility index (Phi) is 12.6. The number of hydrogen-bond acceptors (Lipinski definition) is 7. The summed E-state index contributed by atoms with van der Waals surface area (Å²) < 4.78 is 0. The molecule has 2 rings (SSSR count). The Balaban J connectivity index is 1.51. The van der Waals surface area contributed by atoms with E-state index in [1.165, 1.54) is 17.7 Å². The Morgan fingerprint density at radius 3 is 1.49 bits per heavy atom. The van der Waals surface area contributed by atoms with E-state index in [1.54, 1.807) is 61.1 Å². The number of carbonyl (C=O) groups excluding carboxylic acids is 5. The first-order chi connectivity index (χ1) is 17.7. The predicted molar refractivity (Wildman–Crippen MR) is 145 cm³/mol. The van der Waals surface area contributed by atoms with Crippen molar-refractivity contribution < 1.29 is 24.0 Å². The fourth-order valence-corrected chi connectivity index (χ4v) is 4.70. The van der Waals surface area contributed by atoms with Crippen molar-refractivity contribution in [3.8, 4) is 0 Å². The van der Waals surface area contributed by atoms with Crippen LogP contribution in [0.4, 0.5) is 0 Å². The zero-order valence-electron chi connectivity index (χ0n) is 20.9. The summed E-state index contributed by atoms with van der Waals surface area (Å²) in [6, 6.07) is -2.23. The number of hydrogen-bond donors (Lipinski definition) is 5. The topological polar surface area (TPSA) is 146 Å². The second-order valence-corrected chi connectivity index (χ2v) is 10.7. The summed E-state index contributed by atoms with van der Waals surface area (Å²) in [5, 5.41) is 13.3. The van der Waals surface area contributed by atoms with Gasteiger partial charge in [0.15, 0.2) is 0 Å². The van der Waals surface area contributed by atoms with E-state index >= 15 is 0 Å². The molecule has 198 valence electrons. The number of allylic oxidation sites excluding steroid dienone is 2. The van der Waals surface area contributed by atoms with E-state index in [4.69, 9.17) is 0 Å². The molecule has 0 spiro atoms. The van der Waals surface area contributed by atoms with Gasteiger partial charge in [-0.2, -0.15) is 0 Å². The van der Waals surface area contributed by atoms with Gasteiger partial charge in [-0.05, 0) is 45.1 Å². The van der Waals surface area contributed by atoms with Gasteiger partial charge in [0.2, 0.25) is 17.7 Å². The molecular weight excluding hydrogens is 514 g/mol. The fourth-order valence-electron chi connectivity index (χ4n) is 2.88. The van der Waals surface area contributed by atoms with Gasteiger partial charge in [-0.3, -0.25) is 24.0 Å². The summed E-state index contributed by atoms with van der Waals surface area (Å²) in [4.78, 5) is 60.5. The van der Waals surface area contributed by atoms with Crippen molar-refractivity contribution in [2.24, 2.45) is 0 Å². The minimum Gasteiger partial charge on any atom is -0.353 e. The summed E-state index contributed by atoms with van der Waals surface area (Å²) in [7, 11) is 3.08. The Labute approximate surface area is 224 Å². The molecule has 0 aromatic heterocycles. The van der Waals surface area contributed by atoms with E-state index < -0.39 is 29.9 Å². The molecule has 0 unspecified atom stereocenters. The summed E-state index contributed by atoms with van der Waals surface area (Å²) in [5.74, 6) is -0.532.